The van der Waals surface area contributed by atoms with E-state index in [1.54, 1.807) is 6.92 Å². The van der Waals surface area contributed by atoms with E-state index in [9.17, 15) is 9.90 Å². The summed E-state index contributed by atoms with van der Waals surface area (Å²) in [4.78, 5) is 12.4. The van der Waals surface area contributed by atoms with Gasteiger partial charge in [0.1, 0.15) is 17.1 Å². The van der Waals surface area contributed by atoms with Crippen LogP contribution in [-0.4, -0.2) is 27.0 Å². The maximum Gasteiger partial charge on any atom is 0.319 e. The number of aliphatic carboxylic acids is 1. The Morgan fingerprint density at radius 3 is 2.77 bits per heavy atom. The van der Waals surface area contributed by atoms with Gasteiger partial charge in [-0.2, -0.15) is 0 Å². The first kappa shape index (κ1) is 18.4. The van der Waals surface area contributed by atoms with Crippen molar-refractivity contribution in [2.45, 2.75) is 36.5 Å². The fourth-order valence-electron chi connectivity index (χ4n) is 2.75. The van der Waals surface area contributed by atoms with E-state index in [0.29, 0.717) is 13.0 Å². The van der Waals surface area contributed by atoms with Crippen molar-refractivity contribution >= 4 is 28.6 Å². The van der Waals surface area contributed by atoms with Crippen molar-refractivity contribution in [3.05, 3.63) is 60.8 Å². The number of hydrogen-bond acceptors (Lipinski definition) is 3. The maximum atomic E-state index is 11.5. The Morgan fingerprint density at radius 1 is 1.19 bits per heavy atom. The molecule has 1 heterocycles. The van der Waals surface area contributed by atoms with Crippen molar-refractivity contribution in [3.63, 3.8) is 0 Å². The second-order valence-electron chi connectivity index (χ2n) is 6.38. The molecule has 0 amide bonds. The zero-order chi connectivity index (χ0) is 18.6. The topological polar surface area (TPSA) is 51.5 Å². The van der Waals surface area contributed by atoms with Crippen LogP contribution in [0, 0.1) is 0 Å². The number of carbonyl (C=O) groups is 1. The molecule has 0 saturated carbocycles. The fraction of sp³-hybridized carbons (Fsp3) is 0.286. The van der Waals surface area contributed by atoms with Crippen molar-refractivity contribution in [1.82, 2.24) is 4.57 Å². The largest absolute Gasteiger partial charge is 0.492 e. The quantitative estimate of drug-likeness (QED) is 0.564. The normalized spacial score (nSPS) is 13.5. The lowest BCUT2D eigenvalue weighted by Crippen LogP contribution is -2.30. The van der Waals surface area contributed by atoms with Gasteiger partial charge in [0.15, 0.2) is 0 Å². The van der Waals surface area contributed by atoms with Crippen LogP contribution in [-0.2, 0) is 11.3 Å². The first-order chi connectivity index (χ1) is 12.5. The van der Waals surface area contributed by atoms with E-state index in [4.69, 9.17) is 4.74 Å². The van der Waals surface area contributed by atoms with Crippen LogP contribution >= 0.6 is 11.8 Å². The number of rotatable bonds is 8. The molecule has 0 saturated heterocycles. The van der Waals surface area contributed by atoms with E-state index in [-0.39, 0.29) is 0 Å². The van der Waals surface area contributed by atoms with Gasteiger partial charge in [-0.15, -0.1) is 11.8 Å². The van der Waals surface area contributed by atoms with Crippen LogP contribution in [0.1, 0.15) is 20.3 Å². The van der Waals surface area contributed by atoms with Gasteiger partial charge in [0.05, 0.1) is 6.54 Å². The van der Waals surface area contributed by atoms with Crippen LogP contribution in [0.25, 0.3) is 10.9 Å². The predicted octanol–water partition coefficient (Wildman–Crippen LogP) is 5.07. The highest BCUT2D eigenvalue weighted by atomic mass is 32.2. The lowest BCUT2D eigenvalue weighted by Gasteiger charge is -2.22. The second kappa shape index (κ2) is 7.87. The Balaban J connectivity index is 1.63. The van der Waals surface area contributed by atoms with Gasteiger partial charge in [-0.25, -0.2) is 0 Å². The Bertz CT molecular complexity index is 905. The second-order valence-corrected chi connectivity index (χ2v) is 7.96. The molecule has 0 aliphatic rings. The molecule has 0 aliphatic heterocycles. The van der Waals surface area contributed by atoms with Gasteiger partial charge < -0.3 is 14.4 Å². The summed E-state index contributed by atoms with van der Waals surface area (Å²) in [5, 5.41) is 10.7. The van der Waals surface area contributed by atoms with Crippen LogP contribution in [0.2, 0.25) is 0 Å². The number of aromatic nitrogens is 1. The average molecular weight is 369 g/mol. The summed E-state index contributed by atoms with van der Waals surface area (Å²) in [7, 11) is 0. The smallest absolute Gasteiger partial charge is 0.319 e. The first-order valence-corrected chi connectivity index (χ1v) is 9.52. The number of nitrogens with zero attached hydrogens (tertiary/aromatic N) is 1. The molecule has 0 spiro atoms. The summed E-state index contributed by atoms with van der Waals surface area (Å²) in [5.74, 6) is -0.0360. The van der Waals surface area contributed by atoms with Gasteiger partial charge in [0.2, 0.25) is 0 Å². The van der Waals surface area contributed by atoms with E-state index >= 15 is 0 Å². The van der Waals surface area contributed by atoms with Crippen molar-refractivity contribution in [2.24, 2.45) is 0 Å². The molecular weight excluding hydrogens is 346 g/mol. The molecule has 0 bridgehead atoms. The number of carboxylic acid groups (broad SMARTS) is 1. The van der Waals surface area contributed by atoms with E-state index in [1.165, 1.54) is 22.7 Å². The lowest BCUT2D eigenvalue weighted by molar-refractivity contribution is -0.139. The van der Waals surface area contributed by atoms with E-state index in [2.05, 4.69) is 29.0 Å². The number of ether oxygens (including phenoxy) is 1. The van der Waals surface area contributed by atoms with Crippen LogP contribution in [0.15, 0.2) is 65.7 Å². The summed E-state index contributed by atoms with van der Waals surface area (Å²) < 4.78 is 7.24. The van der Waals surface area contributed by atoms with E-state index in [1.807, 2.05) is 43.3 Å². The fourth-order valence-corrected chi connectivity index (χ4v) is 3.83. The Morgan fingerprint density at radius 2 is 2.00 bits per heavy atom. The number of para-hydroxylation sites is 1. The molecular formula is C21H23NO3S. The predicted molar refractivity (Wildman–Crippen MR) is 106 cm³/mol. The monoisotopic (exact) mass is 369 g/mol. The molecule has 3 rings (SSSR count). The van der Waals surface area contributed by atoms with Gasteiger partial charge in [-0.3, -0.25) is 4.79 Å². The molecule has 1 unspecified atom stereocenters. The molecule has 1 N–H and O–H groups in total. The maximum absolute atomic E-state index is 11.5. The standard InChI is InChI=1S/C21H23NO3S/c1-3-21(2,20(23)24)26-18-9-6-8-17(15-18)25-14-13-22-12-11-16-7-4-5-10-19(16)22/h4-12,15H,3,13-14H2,1-2H3,(H,23,24). The van der Waals surface area contributed by atoms with Crippen molar-refractivity contribution in [2.75, 3.05) is 6.61 Å². The molecule has 1 atom stereocenters. The molecule has 0 aliphatic carbocycles. The Hall–Kier alpha value is -2.40. The SMILES string of the molecule is CCC(C)(Sc1cccc(OCCn2ccc3ccccc32)c1)C(=O)O. The van der Waals surface area contributed by atoms with E-state index in [0.717, 1.165) is 17.2 Å². The molecule has 4 nitrogen and oxygen atoms in total. The average Bonchev–Trinajstić information content (AvgIpc) is 3.05. The Kier molecular flexibility index (Phi) is 5.57. The van der Waals surface area contributed by atoms with Crippen LogP contribution in [0.3, 0.4) is 0 Å². The number of fused-ring (bicyclic) bond motifs is 1. The minimum Gasteiger partial charge on any atom is -0.492 e. The molecule has 136 valence electrons. The number of benzene rings is 2. The molecule has 0 radical (unpaired) electrons. The molecule has 5 heteroatoms. The number of carboxylic acids is 1. The van der Waals surface area contributed by atoms with Gasteiger partial charge in [0, 0.05) is 16.6 Å². The van der Waals surface area contributed by atoms with Crippen molar-refractivity contribution < 1.29 is 14.6 Å². The van der Waals surface area contributed by atoms with Crippen LogP contribution in [0.4, 0.5) is 0 Å². The summed E-state index contributed by atoms with van der Waals surface area (Å²) >= 11 is 1.36. The molecule has 0 fully saturated rings. The summed E-state index contributed by atoms with van der Waals surface area (Å²) in [5.41, 5.74) is 1.19. The van der Waals surface area contributed by atoms with Gasteiger partial charge >= 0.3 is 5.97 Å². The minimum atomic E-state index is -0.831. The number of hydrogen-bond donors (Lipinski definition) is 1. The highest BCUT2D eigenvalue weighted by Crippen LogP contribution is 2.36. The number of thioether (sulfide) groups is 1. The van der Waals surface area contributed by atoms with Gasteiger partial charge in [0.25, 0.3) is 0 Å². The Labute approximate surface area is 157 Å². The third-order valence-corrected chi connectivity index (χ3v) is 5.96. The van der Waals surface area contributed by atoms with Crippen molar-refractivity contribution in [1.29, 1.82) is 0 Å². The van der Waals surface area contributed by atoms with Gasteiger partial charge in [-0.1, -0.05) is 31.2 Å². The third kappa shape index (κ3) is 4.05. The molecule has 3 aromatic rings. The zero-order valence-electron chi connectivity index (χ0n) is 15.0. The van der Waals surface area contributed by atoms with Crippen molar-refractivity contribution in [3.8, 4) is 5.75 Å². The lowest BCUT2D eigenvalue weighted by atomic mass is 10.1. The summed E-state index contributed by atoms with van der Waals surface area (Å²) in [6, 6.07) is 18.0. The summed E-state index contributed by atoms with van der Waals surface area (Å²) in [6.07, 6.45) is 2.62. The highest BCUT2D eigenvalue weighted by Gasteiger charge is 2.32. The molecule has 2 aromatic carbocycles. The molecule has 1 aromatic heterocycles. The third-order valence-electron chi connectivity index (χ3n) is 4.56. The minimum absolute atomic E-state index is 0.552. The molecule has 26 heavy (non-hydrogen) atoms. The van der Waals surface area contributed by atoms with E-state index < -0.39 is 10.7 Å². The van der Waals surface area contributed by atoms with Crippen LogP contribution in [0.5, 0.6) is 5.75 Å². The van der Waals surface area contributed by atoms with Gasteiger partial charge in [-0.05, 0) is 49.1 Å². The summed E-state index contributed by atoms with van der Waals surface area (Å²) in [6.45, 7) is 4.96. The zero-order valence-corrected chi connectivity index (χ0v) is 15.8. The first-order valence-electron chi connectivity index (χ1n) is 8.71. The highest BCUT2D eigenvalue weighted by molar-refractivity contribution is 8.01. The van der Waals surface area contributed by atoms with Crippen LogP contribution < -0.4 is 4.74 Å².